The van der Waals surface area contributed by atoms with Crippen LogP contribution >= 0.6 is 0 Å². The summed E-state index contributed by atoms with van der Waals surface area (Å²) in [6.07, 6.45) is 2.93. The number of rotatable bonds is 1. The van der Waals surface area contributed by atoms with Gasteiger partial charge in [0.1, 0.15) is 0 Å². The maximum atomic E-state index is 11.6. The number of carbonyl (C=O) groups is 2. The van der Waals surface area contributed by atoms with Gasteiger partial charge < -0.3 is 0 Å². The summed E-state index contributed by atoms with van der Waals surface area (Å²) >= 11 is 0. The summed E-state index contributed by atoms with van der Waals surface area (Å²) in [6, 6.07) is 3.36. The first kappa shape index (κ1) is 9.58. The van der Waals surface area contributed by atoms with E-state index in [0.717, 1.165) is 10.6 Å². The first-order chi connectivity index (χ1) is 7.09. The normalized spacial score (nSPS) is 15.9. The summed E-state index contributed by atoms with van der Waals surface area (Å²) in [7, 11) is 0. The van der Waals surface area contributed by atoms with Crippen molar-refractivity contribution < 1.29 is 9.59 Å². The third kappa shape index (κ3) is 1.54. The summed E-state index contributed by atoms with van der Waals surface area (Å²) in [5.74, 6) is -0.547. The standard InChI is InChI=1S/C11H10N2O2/c1-7-5-10(14)13(11(7)15)9-3-4-12-8(2)6-9/h3-6H,1-2H3. The number of aromatic nitrogens is 1. The molecule has 0 spiro atoms. The molecule has 4 nitrogen and oxygen atoms in total. The van der Waals surface area contributed by atoms with E-state index in [2.05, 4.69) is 4.98 Å². The van der Waals surface area contributed by atoms with E-state index in [-0.39, 0.29) is 11.8 Å². The largest absolute Gasteiger partial charge is 0.269 e. The lowest BCUT2D eigenvalue weighted by Crippen LogP contribution is -2.30. The second-order valence-corrected chi connectivity index (χ2v) is 3.46. The van der Waals surface area contributed by atoms with E-state index in [4.69, 9.17) is 0 Å². The Bertz CT molecular complexity index is 477. The molecule has 76 valence electrons. The summed E-state index contributed by atoms with van der Waals surface area (Å²) in [5.41, 5.74) is 1.82. The number of carbonyl (C=O) groups excluding carboxylic acids is 2. The van der Waals surface area contributed by atoms with Gasteiger partial charge in [0.05, 0.1) is 5.69 Å². The minimum atomic E-state index is -0.289. The van der Waals surface area contributed by atoms with E-state index >= 15 is 0 Å². The monoisotopic (exact) mass is 202 g/mol. The van der Waals surface area contributed by atoms with Gasteiger partial charge in [0.25, 0.3) is 11.8 Å². The molecule has 0 aromatic carbocycles. The van der Waals surface area contributed by atoms with Crippen LogP contribution in [0.5, 0.6) is 0 Å². The van der Waals surface area contributed by atoms with Crippen LogP contribution in [0.2, 0.25) is 0 Å². The van der Waals surface area contributed by atoms with E-state index in [1.54, 1.807) is 25.3 Å². The molecule has 2 amide bonds. The lowest BCUT2D eigenvalue weighted by Gasteiger charge is -2.14. The Morgan fingerprint density at radius 1 is 1.27 bits per heavy atom. The molecule has 1 aliphatic heterocycles. The fraction of sp³-hybridized carbons (Fsp3) is 0.182. The SMILES string of the molecule is CC1=CC(=O)N(c2ccnc(C)c2)C1=O. The zero-order valence-electron chi connectivity index (χ0n) is 8.52. The van der Waals surface area contributed by atoms with Gasteiger partial charge in [-0.25, -0.2) is 4.90 Å². The quantitative estimate of drug-likeness (QED) is 0.643. The molecule has 0 saturated carbocycles. The summed E-state index contributed by atoms with van der Waals surface area (Å²) < 4.78 is 0. The van der Waals surface area contributed by atoms with Gasteiger partial charge in [-0.2, -0.15) is 0 Å². The fourth-order valence-electron chi connectivity index (χ4n) is 1.50. The Hall–Kier alpha value is -1.97. The first-order valence-corrected chi connectivity index (χ1v) is 4.59. The fourth-order valence-corrected chi connectivity index (χ4v) is 1.50. The van der Waals surface area contributed by atoms with Gasteiger partial charge in [-0.05, 0) is 26.0 Å². The van der Waals surface area contributed by atoms with Crippen LogP contribution < -0.4 is 4.90 Å². The summed E-state index contributed by atoms with van der Waals surface area (Å²) in [6.45, 7) is 3.45. The van der Waals surface area contributed by atoms with Crippen LogP contribution in [0.15, 0.2) is 30.0 Å². The average Bonchev–Trinajstić information content (AvgIpc) is 2.41. The van der Waals surface area contributed by atoms with Crippen molar-refractivity contribution in [3.8, 4) is 0 Å². The molecule has 1 aromatic heterocycles. The maximum Gasteiger partial charge on any atom is 0.261 e. The Morgan fingerprint density at radius 2 is 2.00 bits per heavy atom. The summed E-state index contributed by atoms with van der Waals surface area (Å²) in [5, 5.41) is 0. The van der Waals surface area contributed by atoms with Crippen LogP contribution in [-0.4, -0.2) is 16.8 Å². The van der Waals surface area contributed by atoms with E-state index < -0.39 is 0 Å². The average molecular weight is 202 g/mol. The molecule has 1 aromatic rings. The molecular formula is C11H10N2O2. The molecule has 0 saturated heterocycles. The number of anilines is 1. The second kappa shape index (κ2) is 3.31. The van der Waals surface area contributed by atoms with Gasteiger partial charge in [-0.15, -0.1) is 0 Å². The Labute approximate surface area is 87.2 Å². The molecule has 0 bridgehead atoms. The highest BCUT2D eigenvalue weighted by Gasteiger charge is 2.29. The minimum absolute atomic E-state index is 0.259. The highest BCUT2D eigenvalue weighted by atomic mass is 16.2. The molecule has 15 heavy (non-hydrogen) atoms. The van der Waals surface area contributed by atoms with Crippen LogP contribution in [0.4, 0.5) is 5.69 Å². The number of aryl methyl sites for hydroxylation is 1. The number of hydrogen-bond donors (Lipinski definition) is 0. The maximum absolute atomic E-state index is 11.6. The van der Waals surface area contributed by atoms with Crippen LogP contribution in [0.1, 0.15) is 12.6 Å². The Morgan fingerprint density at radius 3 is 2.53 bits per heavy atom. The van der Waals surface area contributed by atoms with Crippen molar-refractivity contribution in [3.63, 3.8) is 0 Å². The molecule has 1 aliphatic rings. The smallest absolute Gasteiger partial charge is 0.261 e. The van der Waals surface area contributed by atoms with Gasteiger partial charge >= 0.3 is 0 Å². The number of pyridine rings is 1. The Balaban J connectivity index is 2.42. The van der Waals surface area contributed by atoms with Crippen LogP contribution in [0.3, 0.4) is 0 Å². The molecule has 0 atom stereocenters. The zero-order chi connectivity index (χ0) is 11.0. The third-order valence-corrected chi connectivity index (χ3v) is 2.24. The number of imide groups is 1. The highest BCUT2D eigenvalue weighted by molar-refractivity contribution is 6.30. The molecule has 0 radical (unpaired) electrons. The lowest BCUT2D eigenvalue weighted by molar-refractivity contribution is -0.120. The number of amides is 2. The van der Waals surface area contributed by atoms with Crippen LogP contribution in [0, 0.1) is 6.92 Å². The van der Waals surface area contributed by atoms with E-state index in [1.165, 1.54) is 6.08 Å². The number of hydrogen-bond acceptors (Lipinski definition) is 3. The molecule has 0 N–H and O–H groups in total. The predicted molar refractivity (Wildman–Crippen MR) is 55.2 cm³/mol. The lowest BCUT2D eigenvalue weighted by atomic mass is 10.3. The summed E-state index contributed by atoms with van der Waals surface area (Å²) in [4.78, 5) is 28.3. The van der Waals surface area contributed by atoms with E-state index in [1.807, 2.05) is 6.92 Å². The van der Waals surface area contributed by atoms with Gasteiger partial charge in [-0.1, -0.05) is 0 Å². The predicted octanol–water partition coefficient (Wildman–Crippen LogP) is 1.21. The molecular weight excluding hydrogens is 192 g/mol. The Kier molecular flexibility index (Phi) is 2.11. The van der Waals surface area contributed by atoms with Crippen LogP contribution in [0.25, 0.3) is 0 Å². The molecule has 4 heteroatoms. The van der Waals surface area contributed by atoms with Crippen molar-refractivity contribution in [2.75, 3.05) is 4.90 Å². The molecule has 0 unspecified atom stereocenters. The molecule has 2 heterocycles. The molecule has 0 fully saturated rings. The van der Waals surface area contributed by atoms with Crippen molar-refractivity contribution in [2.45, 2.75) is 13.8 Å². The van der Waals surface area contributed by atoms with Gasteiger partial charge in [0.15, 0.2) is 0 Å². The third-order valence-electron chi connectivity index (χ3n) is 2.24. The van der Waals surface area contributed by atoms with Crippen molar-refractivity contribution in [1.82, 2.24) is 4.98 Å². The van der Waals surface area contributed by atoms with Crippen molar-refractivity contribution in [2.24, 2.45) is 0 Å². The molecule has 0 aliphatic carbocycles. The van der Waals surface area contributed by atoms with E-state index in [0.29, 0.717) is 11.3 Å². The van der Waals surface area contributed by atoms with Crippen molar-refractivity contribution >= 4 is 17.5 Å². The van der Waals surface area contributed by atoms with Gasteiger partial charge in [0.2, 0.25) is 0 Å². The van der Waals surface area contributed by atoms with Crippen LogP contribution in [-0.2, 0) is 9.59 Å². The minimum Gasteiger partial charge on any atom is -0.269 e. The zero-order valence-corrected chi connectivity index (χ0v) is 8.52. The topological polar surface area (TPSA) is 50.3 Å². The van der Waals surface area contributed by atoms with Crippen molar-refractivity contribution in [1.29, 1.82) is 0 Å². The second-order valence-electron chi connectivity index (χ2n) is 3.46. The first-order valence-electron chi connectivity index (χ1n) is 4.59. The van der Waals surface area contributed by atoms with Crippen molar-refractivity contribution in [3.05, 3.63) is 35.7 Å². The van der Waals surface area contributed by atoms with Gasteiger partial charge in [-0.3, -0.25) is 14.6 Å². The highest BCUT2D eigenvalue weighted by Crippen LogP contribution is 2.21. The molecule has 2 rings (SSSR count). The van der Waals surface area contributed by atoms with E-state index in [9.17, 15) is 9.59 Å². The number of nitrogens with zero attached hydrogens (tertiary/aromatic N) is 2. The van der Waals surface area contributed by atoms with Gasteiger partial charge in [0, 0.05) is 23.5 Å².